The van der Waals surface area contributed by atoms with Gasteiger partial charge in [-0.15, -0.1) is 0 Å². The normalized spacial score (nSPS) is 14.8. The summed E-state index contributed by atoms with van der Waals surface area (Å²) in [5, 5.41) is 2.65. The van der Waals surface area contributed by atoms with E-state index in [-0.39, 0.29) is 5.91 Å². The van der Waals surface area contributed by atoms with Crippen molar-refractivity contribution in [3.05, 3.63) is 18.2 Å². The molecule has 3 N–H and O–H groups in total. The molecule has 1 aromatic carbocycles. The molecule has 0 unspecified atom stereocenters. The number of ether oxygens (including phenoxy) is 1. The number of carbonyl (C=O) groups excluding carboxylic acids is 1. The van der Waals surface area contributed by atoms with E-state index in [1.807, 2.05) is 32.0 Å². The van der Waals surface area contributed by atoms with Crippen molar-refractivity contribution < 1.29 is 9.53 Å². The van der Waals surface area contributed by atoms with Gasteiger partial charge in [-0.2, -0.15) is 0 Å². The number of benzene rings is 1. The van der Waals surface area contributed by atoms with E-state index in [0.29, 0.717) is 18.0 Å². The first-order valence-electron chi connectivity index (χ1n) is 7.75. The number of nitrogens with two attached hydrogens (primary N) is 1. The van der Waals surface area contributed by atoms with E-state index in [1.54, 1.807) is 14.2 Å². The average molecular weight is 308 g/mol. The number of anilines is 2. The van der Waals surface area contributed by atoms with E-state index in [1.165, 1.54) is 0 Å². The Kier molecular flexibility index (Phi) is 7.52. The maximum Gasteiger partial charge on any atom is 0.233 e. The van der Waals surface area contributed by atoms with E-state index in [4.69, 9.17) is 10.5 Å². The molecule has 0 spiro atoms. The molecular weight excluding hydrogens is 280 g/mol. The van der Waals surface area contributed by atoms with Gasteiger partial charge in [-0.3, -0.25) is 9.69 Å². The monoisotopic (exact) mass is 308 g/mol. The topological polar surface area (TPSA) is 70.8 Å². The smallest absolute Gasteiger partial charge is 0.233 e. The highest BCUT2D eigenvalue weighted by molar-refractivity contribution is 5.77. The fourth-order valence-electron chi connectivity index (χ4n) is 2.34. The number of nitrogen functional groups attached to an aromatic ring is 1. The SMILES string of the molecule is CC.CNC(=O)CN1CCN(c2ccc(N)c(OC)c2)CC1. The van der Waals surface area contributed by atoms with Crippen LogP contribution >= 0.6 is 0 Å². The standard InChI is InChI=1S/C14H22N4O2.C2H6/c1-16-14(19)10-17-5-7-18(8-6-17)11-3-4-12(15)13(9-11)20-2;1-2/h3-4,9H,5-8,10,15H2,1-2H3,(H,16,19);1-2H3. The van der Waals surface area contributed by atoms with Crippen molar-refractivity contribution in [3.8, 4) is 5.75 Å². The number of hydrogen-bond donors (Lipinski definition) is 2. The summed E-state index contributed by atoms with van der Waals surface area (Å²) in [6, 6.07) is 5.83. The van der Waals surface area contributed by atoms with Crippen molar-refractivity contribution in [3.63, 3.8) is 0 Å². The molecule has 0 aromatic heterocycles. The lowest BCUT2D eigenvalue weighted by atomic mass is 10.2. The minimum atomic E-state index is 0.0626. The molecule has 6 heteroatoms. The number of nitrogens with one attached hydrogen (secondary N) is 1. The zero-order valence-corrected chi connectivity index (χ0v) is 14.1. The first kappa shape index (κ1) is 18.1. The number of rotatable bonds is 4. The Morgan fingerprint density at radius 2 is 1.91 bits per heavy atom. The van der Waals surface area contributed by atoms with Crippen LogP contribution in [0.4, 0.5) is 11.4 Å². The van der Waals surface area contributed by atoms with E-state index in [2.05, 4.69) is 15.1 Å². The molecule has 0 bridgehead atoms. The molecule has 22 heavy (non-hydrogen) atoms. The van der Waals surface area contributed by atoms with Gasteiger partial charge in [0.25, 0.3) is 0 Å². The molecule has 2 rings (SSSR count). The third kappa shape index (κ3) is 4.80. The lowest BCUT2D eigenvalue weighted by molar-refractivity contribution is -0.121. The molecule has 1 aromatic rings. The number of piperazine rings is 1. The van der Waals surface area contributed by atoms with Crippen molar-refractivity contribution in [1.82, 2.24) is 10.2 Å². The van der Waals surface area contributed by atoms with Gasteiger partial charge in [0.05, 0.1) is 19.3 Å². The average Bonchev–Trinajstić information content (AvgIpc) is 2.58. The molecule has 6 nitrogen and oxygen atoms in total. The van der Waals surface area contributed by atoms with Crippen molar-refractivity contribution in [1.29, 1.82) is 0 Å². The molecule has 1 amide bonds. The van der Waals surface area contributed by atoms with Crippen LogP contribution in [0.25, 0.3) is 0 Å². The second-order valence-electron chi connectivity index (χ2n) is 4.86. The predicted molar refractivity (Wildman–Crippen MR) is 91.5 cm³/mol. The van der Waals surface area contributed by atoms with Crippen LogP contribution in [0.2, 0.25) is 0 Å². The molecule has 1 aliphatic rings. The Morgan fingerprint density at radius 3 is 2.45 bits per heavy atom. The summed E-state index contributed by atoms with van der Waals surface area (Å²) in [6.07, 6.45) is 0. The molecule has 0 aliphatic carbocycles. The quantitative estimate of drug-likeness (QED) is 0.817. The molecule has 1 saturated heterocycles. The summed E-state index contributed by atoms with van der Waals surface area (Å²) < 4.78 is 5.25. The fraction of sp³-hybridized carbons (Fsp3) is 0.562. The molecule has 1 aliphatic heterocycles. The first-order chi connectivity index (χ1) is 10.6. The summed E-state index contributed by atoms with van der Waals surface area (Å²) in [4.78, 5) is 15.8. The molecule has 124 valence electrons. The van der Waals surface area contributed by atoms with Crippen LogP contribution in [0.5, 0.6) is 5.75 Å². The number of nitrogens with zero attached hydrogens (tertiary/aromatic N) is 2. The zero-order chi connectivity index (χ0) is 16.5. The Morgan fingerprint density at radius 1 is 1.27 bits per heavy atom. The lowest BCUT2D eigenvalue weighted by Crippen LogP contribution is -2.49. The molecule has 0 radical (unpaired) electrons. The first-order valence-corrected chi connectivity index (χ1v) is 7.75. The van der Waals surface area contributed by atoms with Gasteiger partial charge in [0, 0.05) is 45.0 Å². The maximum absolute atomic E-state index is 11.4. The molecular formula is C16H28N4O2. The Bertz CT molecular complexity index is 471. The Balaban J connectivity index is 0.00000116. The van der Waals surface area contributed by atoms with Gasteiger partial charge in [-0.05, 0) is 12.1 Å². The number of hydrogen-bond acceptors (Lipinski definition) is 5. The van der Waals surface area contributed by atoms with Crippen LogP contribution in [-0.2, 0) is 4.79 Å². The number of methoxy groups -OCH3 is 1. The summed E-state index contributed by atoms with van der Waals surface area (Å²) in [6.45, 7) is 8.00. The van der Waals surface area contributed by atoms with E-state index in [0.717, 1.165) is 31.9 Å². The number of amides is 1. The van der Waals surface area contributed by atoms with Crippen molar-refractivity contribution in [2.24, 2.45) is 0 Å². The van der Waals surface area contributed by atoms with Crippen LogP contribution in [0.3, 0.4) is 0 Å². The van der Waals surface area contributed by atoms with Crippen LogP contribution in [0, 0.1) is 0 Å². The van der Waals surface area contributed by atoms with Gasteiger partial charge >= 0.3 is 0 Å². The van der Waals surface area contributed by atoms with Crippen LogP contribution in [0.1, 0.15) is 13.8 Å². The molecule has 1 fully saturated rings. The Hall–Kier alpha value is -1.95. The minimum Gasteiger partial charge on any atom is -0.495 e. The largest absolute Gasteiger partial charge is 0.495 e. The van der Waals surface area contributed by atoms with Gasteiger partial charge < -0.3 is 20.7 Å². The summed E-state index contributed by atoms with van der Waals surface area (Å²) in [7, 11) is 3.29. The highest BCUT2D eigenvalue weighted by Gasteiger charge is 2.19. The highest BCUT2D eigenvalue weighted by atomic mass is 16.5. The van der Waals surface area contributed by atoms with E-state index >= 15 is 0 Å². The third-order valence-corrected chi connectivity index (χ3v) is 3.60. The van der Waals surface area contributed by atoms with Gasteiger partial charge in [0.2, 0.25) is 5.91 Å². The van der Waals surface area contributed by atoms with E-state index < -0.39 is 0 Å². The summed E-state index contributed by atoms with van der Waals surface area (Å²) in [5.41, 5.74) is 7.58. The molecule has 0 atom stereocenters. The second kappa shape index (κ2) is 9.15. The van der Waals surface area contributed by atoms with Gasteiger partial charge in [-0.1, -0.05) is 13.8 Å². The zero-order valence-electron chi connectivity index (χ0n) is 14.1. The Labute approximate surface area is 133 Å². The van der Waals surface area contributed by atoms with Gasteiger partial charge in [-0.25, -0.2) is 0 Å². The molecule has 0 saturated carbocycles. The fourth-order valence-corrected chi connectivity index (χ4v) is 2.34. The van der Waals surface area contributed by atoms with Crippen LogP contribution in [-0.4, -0.2) is 57.7 Å². The number of carbonyl (C=O) groups is 1. The minimum absolute atomic E-state index is 0.0626. The van der Waals surface area contributed by atoms with Gasteiger partial charge in [0.1, 0.15) is 5.75 Å². The van der Waals surface area contributed by atoms with Crippen molar-refractivity contribution in [2.75, 3.05) is 57.5 Å². The second-order valence-corrected chi connectivity index (χ2v) is 4.86. The van der Waals surface area contributed by atoms with Crippen molar-refractivity contribution in [2.45, 2.75) is 13.8 Å². The van der Waals surface area contributed by atoms with E-state index in [9.17, 15) is 4.79 Å². The summed E-state index contributed by atoms with van der Waals surface area (Å²) >= 11 is 0. The third-order valence-electron chi connectivity index (χ3n) is 3.60. The van der Waals surface area contributed by atoms with Gasteiger partial charge in [0.15, 0.2) is 0 Å². The summed E-state index contributed by atoms with van der Waals surface area (Å²) in [5.74, 6) is 0.767. The van der Waals surface area contributed by atoms with Crippen molar-refractivity contribution >= 4 is 17.3 Å². The van der Waals surface area contributed by atoms with Crippen LogP contribution in [0.15, 0.2) is 18.2 Å². The lowest BCUT2D eigenvalue weighted by Gasteiger charge is -2.35. The predicted octanol–water partition coefficient (Wildman–Crippen LogP) is 1.17. The van der Waals surface area contributed by atoms with Crippen LogP contribution < -0.4 is 20.7 Å². The maximum atomic E-state index is 11.4. The number of likely N-dealkylation sites (N-methyl/N-ethyl adjacent to an activating group) is 1. The highest BCUT2D eigenvalue weighted by Crippen LogP contribution is 2.27. The molecule has 1 heterocycles.